The summed E-state index contributed by atoms with van der Waals surface area (Å²) in [4.78, 5) is 0.0660. The van der Waals surface area contributed by atoms with E-state index in [1.54, 1.807) is 0 Å². The van der Waals surface area contributed by atoms with Crippen LogP contribution in [0, 0.1) is 0 Å². The minimum absolute atomic E-state index is 0.0508. The molecule has 5 atom stereocenters. The van der Waals surface area contributed by atoms with Crippen molar-refractivity contribution < 1.29 is 33.3 Å². The normalized spacial score (nSPS) is 32.7. The molecule has 0 aliphatic carbocycles. The summed E-state index contributed by atoms with van der Waals surface area (Å²) in [5.74, 6) is 0. The Morgan fingerprint density at radius 2 is 1.92 bits per heavy atom. The molecule has 10 heteroatoms. The molecule has 24 heavy (non-hydrogen) atoms. The third kappa shape index (κ3) is 3.40. The van der Waals surface area contributed by atoms with Crippen LogP contribution in [0.2, 0.25) is 0 Å². The van der Waals surface area contributed by atoms with Gasteiger partial charge in [0.05, 0.1) is 29.4 Å². The van der Waals surface area contributed by atoms with Crippen LogP contribution in [0.4, 0.5) is 5.69 Å². The smallest absolute Gasteiger partial charge is 0.240 e. The number of aliphatic hydroxyl groups is 2. The van der Waals surface area contributed by atoms with Crippen molar-refractivity contribution in [1.82, 2.24) is 4.72 Å². The first-order chi connectivity index (χ1) is 11.4. The first kappa shape index (κ1) is 17.5. The van der Waals surface area contributed by atoms with Crippen LogP contribution in [0.1, 0.15) is 6.42 Å². The maximum Gasteiger partial charge on any atom is 0.240 e. The zero-order chi connectivity index (χ0) is 17.3. The third-order valence-electron chi connectivity index (χ3n) is 4.25. The quantitative estimate of drug-likeness (QED) is 0.409. The van der Waals surface area contributed by atoms with Gasteiger partial charge in [0.1, 0.15) is 18.3 Å². The molecule has 5 N–H and O–H groups in total. The standard InChI is InChI=1S/C14H20N2O7S/c17-7-12-13(18)14-11(23-12)5-9(22-14)6-15-24(20,21)10-3-1-8(16-19)2-4-10/h1-4,9,11-19H,5-7H2/t9-,11+,12-,13-,14-/m1/s1. The zero-order valence-electron chi connectivity index (χ0n) is 12.7. The van der Waals surface area contributed by atoms with E-state index in [2.05, 4.69) is 4.72 Å². The van der Waals surface area contributed by atoms with Gasteiger partial charge in [-0.2, -0.15) is 0 Å². The lowest BCUT2D eigenvalue weighted by atomic mass is 10.1. The molecule has 9 nitrogen and oxygen atoms in total. The maximum atomic E-state index is 12.2. The predicted molar refractivity (Wildman–Crippen MR) is 82.1 cm³/mol. The molecule has 0 unspecified atom stereocenters. The van der Waals surface area contributed by atoms with Crippen molar-refractivity contribution in [1.29, 1.82) is 0 Å². The van der Waals surface area contributed by atoms with Crippen LogP contribution in [-0.4, -0.2) is 67.5 Å². The Hall–Kier alpha value is -1.27. The van der Waals surface area contributed by atoms with Gasteiger partial charge in [0, 0.05) is 13.0 Å². The van der Waals surface area contributed by atoms with Gasteiger partial charge in [0.2, 0.25) is 10.0 Å². The summed E-state index contributed by atoms with van der Waals surface area (Å²) in [6, 6.07) is 5.60. The number of benzene rings is 1. The van der Waals surface area contributed by atoms with Gasteiger partial charge in [-0.3, -0.25) is 10.7 Å². The molecule has 0 radical (unpaired) electrons. The van der Waals surface area contributed by atoms with Gasteiger partial charge in [-0.1, -0.05) is 0 Å². The SMILES string of the molecule is O=S(=O)(NC[C@H]1C[C@@H]2O[C@H](CO)[C@@H](O)[C@@H]2O1)c1ccc(NO)cc1. The van der Waals surface area contributed by atoms with Gasteiger partial charge in [-0.05, 0) is 24.3 Å². The van der Waals surface area contributed by atoms with Crippen LogP contribution in [0.5, 0.6) is 0 Å². The summed E-state index contributed by atoms with van der Waals surface area (Å²) in [6.45, 7) is -0.233. The van der Waals surface area contributed by atoms with Gasteiger partial charge in [-0.15, -0.1) is 0 Å². The number of sulfonamides is 1. The highest BCUT2D eigenvalue weighted by atomic mass is 32.2. The number of hydrogen-bond acceptors (Lipinski definition) is 8. The molecule has 1 aromatic rings. The molecule has 0 spiro atoms. The number of rotatable bonds is 6. The molecule has 2 heterocycles. The highest BCUT2D eigenvalue weighted by Crippen LogP contribution is 2.34. The van der Waals surface area contributed by atoms with E-state index < -0.39 is 34.4 Å². The van der Waals surface area contributed by atoms with E-state index in [0.717, 1.165) is 0 Å². The molecule has 0 saturated carbocycles. The van der Waals surface area contributed by atoms with Gasteiger partial charge in [0.15, 0.2) is 0 Å². The Bertz CT molecular complexity index is 666. The van der Waals surface area contributed by atoms with E-state index >= 15 is 0 Å². The number of ether oxygens (including phenoxy) is 2. The van der Waals surface area contributed by atoms with Crippen molar-refractivity contribution in [2.45, 2.75) is 41.8 Å². The zero-order valence-corrected chi connectivity index (χ0v) is 13.5. The van der Waals surface area contributed by atoms with Crippen LogP contribution in [-0.2, 0) is 19.5 Å². The monoisotopic (exact) mass is 360 g/mol. The van der Waals surface area contributed by atoms with Crippen LogP contribution >= 0.6 is 0 Å². The summed E-state index contributed by atoms with van der Waals surface area (Å²) in [7, 11) is -3.71. The second-order valence-corrected chi connectivity index (χ2v) is 7.60. The summed E-state index contributed by atoms with van der Waals surface area (Å²) >= 11 is 0. The molecule has 2 aliphatic heterocycles. The Morgan fingerprint density at radius 1 is 1.21 bits per heavy atom. The molecular weight excluding hydrogens is 340 g/mol. The molecule has 2 fully saturated rings. The largest absolute Gasteiger partial charge is 0.394 e. The predicted octanol–water partition coefficient (Wildman–Crippen LogP) is -0.956. The van der Waals surface area contributed by atoms with E-state index in [1.807, 2.05) is 5.48 Å². The van der Waals surface area contributed by atoms with Crippen molar-refractivity contribution in [3.05, 3.63) is 24.3 Å². The summed E-state index contributed by atoms with van der Waals surface area (Å²) in [5, 5.41) is 27.8. The fourth-order valence-corrected chi connectivity index (χ4v) is 4.05. The van der Waals surface area contributed by atoms with Crippen molar-refractivity contribution in [3.8, 4) is 0 Å². The van der Waals surface area contributed by atoms with E-state index in [4.69, 9.17) is 19.8 Å². The number of hydrogen-bond donors (Lipinski definition) is 5. The van der Waals surface area contributed by atoms with Gasteiger partial charge < -0.3 is 19.7 Å². The average molecular weight is 360 g/mol. The second-order valence-electron chi connectivity index (χ2n) is 5.83. The van der Waals surface area contributed by atoms with E-state index in [-0.39, 0.29) is 24.2 Å². The fraction of sp³-hybridized carbons (Fsp3) is 0.571. The highest BCUT2D eigenvalue weighted by molar-refractivity contribution is 7.89. The number of anilines is 1. The Balaban J connectivity index is 1.56. The van der Waals surface area contributed by atoms with Crippen LogP contribution in [0.3, 0.4) is 0 Å². The molecule has 0 aromatic heterocycles. The first-order valence-corrected chi connectivity index (χ1v) is 9.02. The van der Waals surface area contributed by atoms with Crippen molar-refractivity contribution in [2.75, 3.05) is 18.6 Å². The van der Waals surface area contributed by atoms with E-state index in [9.17, 15) is 13.5 Å². The molecule has 2 aliphatic rings. The highest BCUT2D eigenvalue weighted by Gasteiger charge is 2.50. The first-order valence-electron chi connectivity index (χ1n) is 7.54. The lowest BCUT2D eigenvalue weighted by molar-refractivity contribution is -0.0506. The average Bonchev–Trinajstić information content (AvgIpc) is 3.12. The van der Waals surface area contributed by atoms with Gasteiger partial charge in [0.25, 0.3) is 0 Å². The molecule has 2 saturated heterocycles. The lowest BCUT2D eigenvalue weighted by Gasteiger charge is -2.18. The minimum atomic E-state index is -3.71. The maximum absolute atomic E-state index is 12.2. The fourth-order valence-electron chi connectivity index (χ4n) is 2.99. The minimum Gasteiger partial charge on any atom is -0.394 e. The van der Waals surface area contributed by atoms with Crippen molar-refractivity contribution in [2.24, 2.45) is 0 Å². The summed E-state index contributed by atoms with van der Waals surface area (Å²) < 4.78 is 38.1. The second kappa shape index (κ2) is 6.92. The Morgan fingerprint density at radius 3 is 2.50 bits per heavy atom. The summed E-state index contributed by atoms with van der Waals surface area (Å²) in [5.41, 5.74) is 2.31. The number of fused-ring (bicyclic) bond motifs is 1. The summed E-state index contributed by atoms with van der Waals surface area (Å²) in [6.07, 6.45) is -2.44. The van der Waals surface area contributed by atoms with E-state index in [0.29, 0.717) is 12.1 Å². The molecule has 0 bridgehead atoms. The number of aliphatic hydroxyl groups excluding tert-OH is 2. The Labute approximate surface area is 139 Å². The molecule has 134 valence electrons. The third-order valence-corrected chi connectivity index (χ3v) is 5.69. The van der Waals surface area contributed by atoms with Gasteiger partial charge >= 0.3 is 0 Å². The molecule has 0 amide bonds. The topological polar surface area (TPSA) is 137 Å². The lowest BCUT2D eigenvalue weighted by Crippen LogP contribution is -2.37. The Kier molecular flexibility index (Phi) is 5.06. The van der Waals surface area contributed by atoms with Crippen molar-refractivity contribution in [3.63, 3.8) is 0 Å². The molecule has 1 aromatic carbocycles. The van der Waals surface area contributed by atoms with Crippen LogP contribution in [0.15, 0.2) is 29.2 Å². The number of nitrogens with one attached hydrogen (secondary N) is 2. The van der Waals surface area contributed by atoms with Crippen molar-refractivity contribution >= 4 is 15.7 Å². The van der Waals surface area contributed by atoms with Crippen LogP contribution < -0.4 is 10.2 Å². The van der Waals surface area contributed by atoms with Gasteiger partial charge in [-0.25, -0.2) is 13.1 Å². The van der Waals surface area contributed by atoms with Crippen LogP contribution in [0.25, 0.3) is 0 Å². The molecule has 3 rings (SSSR count). The molecular formula is C14H20N2O7S. The van der Waals surface area contributed by atoms with E-state index in [1.165, 1.54) is 24.3 Å².